The summed E-state index contributed by atoms with van der Waals surface area (Å²) in [5.74, 6) is 0.272. The van der Waals surface area contributed by atoms with E-state index in [1.165, 1.54) is 6.07 Å². The monoisotopic (exact) mass is 328 g/mol. The van der Waals surface area contributed by atoms with Gasteiger partial charge in [0.05, 0.1) is 18.2 Å². The van der Waals surface area contributed by atoms with E-state index in [0.29, 0.717) is 24.4 Å². The van der Waals surface area contributed by atoms with Crippen LogP contribution in [-0.4, -0.2) is 35.0 Å². The van der Waals surface area contributed by atoms with Crippen molar-refractivity contribution >= 4 is 5.91 Å². The molecule has 1 unspecified atom stereocenters. The number of rotatable bonds is 4. The summed E-state index contributed by atoms with van der Waals surface area (Å²) >= 11 is 0. The lowest BCUT2D eigenvalue weighted by Gasteiger charge is -2.30. The second-order valence-corrected chi connectivity index (χ2v) is 6.57. The molecule has 126 valence electrons. The third-order valence-corrected chi connectivity index (χ3v) is 4.45. The van der Waals surface area contributed by atoms with E-state index >= 15 is 0 Å². The van der Waals surface area contributed by atoms with Crippen LogP contribution < -0.4 is 4.74 Å². The van der Waals surface area contributed by atoms with Gasteiger partial charge in [-0.05, 0) is 32.0 Å². The minimum atomic E-state index is -0.908. The molecule has 0 N–H and O–H groups in total. The first kappa shape index (κ1) is 16.4. The quantitative estimate of drug-likeness (QED) is 0.866. The van der Waals surface area contributed by atoms with Gasteiger partial charge in [-0.1, -0.05) is 18.2 Å². The highest BCUT2D eigenvalue weighted by Gasteiger charge is 2.39. The zero-order chi connectivity index (χ0) is 17.2. The molecular weight excluding hydrogens is 307 g/mol. The number of ether oxygens (including phenoxy) is 1. The van der Waals surface area contributed by atoms with Crippen molar-refractivity contribution in [1.29, 1.82) is 0 Å². The predicted octanol–water partition coefficient (Wildman–Crippen LogP) is 3.18. The van der Waals surface area contributed by atoms with Crippen LogP contribution in [0.1, 0.15) is 25.8 Å². The number of hydrogen-bond donors (Lipinski definition) is 0. The molecule has 0 aliphatic carbocycles. The molecule has 5 heteroatoms. The second kappa shape index (κ2) is 6.59. The molecule has 0 spiro atoms. The molecule has 1 fully saturated rings. The molecule has 1 aliphatic heterocycles. The zero-order valence-electron chi connectivity index (χ0n) is 13.9. The van der Waals surface area contributed by atoms with Gasteiger partial charge in [0.25, 0.3) is 0 Å². The first-order valence-corrected chi connectivity index (χ1v) is 8.09. The lowest BCUT2D eigenvalue weighted by atomic mass is 9.83. The third kappa shape index (κ3) is 3.25. The molecule has 0 radical (unpaired) electrons. The molecule has 4 nitrogen and oxygen atoms in total. The number of carbonyl (C=O) groups is 1. The summed E-state index contributed by atoms with van der Waals surface area (Å²) in [4.78, 5) is 18.7. The van der Waals surface area contributed by atoms with E-state index in [4.69, 9.17) is 4.74 Å². The topological polar surface area (TPSA) is 42.4 Å². The highest BCUT2D eigenvalue weighted by molar-refractivity contribution is 5.87. The zero-order valence-corrected chi connectivity index (χ0v) is 13.9. The smallest absolute Gasteiger partial charge is 0.232 e. The fourth-order valence-corrected chi connectivity index (χ4v) is 3.10. The largest absolute Gasteiger partial charge is 0.487 e. The van der Waals surface area contributed by atoms with Crippen LogP contribution in [0.5, 0.6) is 5.75 Å². The first-order chi connectivity index (χ1) is 11.5. The lowest BCUT2D eigenvalue weighted by molar-refractivity contribution is -0.135. The number of carbonyl (C=O) groups excluding carboxylic acids is 1. The molecule has 2 heterocycles. The number of pyridine rings is 1. The summed E-state index contributed by atoms with van der Waals surface area (Å²) in [6.07, 6.45) is 4.05. The molecule has 1 aromatic heterocycles. The Labute approximate surface area is 141 Å². The normalized spacial score (nSPS) is 17.8. The van der Waals surface area contributed by atoms with Crippen LogP contribution in [-0.2, 0) is 10.2 Å². The summed E-state index contributed by atoms with van der Waals surface area (Å²) in [5.41, 5.74) is -0.485. The summed E-state index contributed by atoms with van der Waals surface area (Å²) in [6.45, 7) is 4.65. The molecule has 2 aromatic rings. The summed E-state index contributed by atoms with van der Waals surface area (Å²) in [5, 5.41) is 0. The van der Waals surface area contributed by atoms with Crippen molar-refractivity contribution in [1.82, 2.24) is 9.88 Å². The molecule has 1 aromatic carbocycles. The minimum Gasteiger partial charge on any atom is -0.487 e. The van der Waals surface area contributed by atoms with Crippen LogP contribution in [0.4, 0.5) is 4.39 Å². The van der Waals surface area contributed by atoms with E-state index in [1.807, 2.05) is 12.1 Å². The number of likely N-dealkylation sites (tertiary alicyclic amines) is 1. The van der Waals surface area contributed by atoms with Gasteiger partial charge < -0.3 is 9.64 Å². The van der Waals surface area contributed by atoms with Gasteiger partial charge in [0, 0.05) is 24.7 Å². The van der Waals surface area contributed by atoms with Gasteiger partial charge in [-0.3, -0.25) is 9.78 Å². The number of halogens is 1. The Balaban J connectivity index is 1.69. The predicted molar refractivity (Wildman–Crippen MR) is 89.3 cm³/mol. The van der Waals surface area contributed by atoms with Crippen LogP contribution in [0.15, 0.2) is 48.8 Å². The highest BCUT2D eigenvalue weighted by Crippen LogP contribution is 2.30. The van der Waals surface area contributed by atoms with Gasteiger partial charge in [0.15, 0.2) is 0 Å². The second-order valence-electron chi connectivity index (χ2n) is 6.57. The van der Waals surface area contributed by atoms with Crippen molar-refractivity contribution in [3.05, 3.63) is 60.2 Å². The third-order valence-electron chi connectivity index (χ3n) is 4.45. The Morgan fingerprint density at radius 2 is 2.08 bits per heavy atom. The average Bonchev–Trinajstić information content (AvgIpc) is 3.03. The van der Waals surface area contributed by atoms with Gasteiger partial charge in [-0.15, -0.1) is 0 Å². The Morgan fingerprint density at radius 3 is 2.79 bits per heavy atom. The van der Waals surface area contributed by atoms with Gasteiger partial charge in [-0.25, -0.2) is 4.39 Å². The van der Waals surface area contributed by atoms with E-state index in [-0.39, 0.29) is 17.8 Å². The molecule has 3 rings (SSSR count). The number of nitrogens with zero attached hydrogens (tertiary/aromatic N) is 2. The fraction of sp³-hybridized carbons (Fsp3) is 0.368. The maximum absolute atomic E-state index is 14.1. The van der Waals surface area contributed by atoms with Crippen LogP contribution in [0.2, 0.25) is 0 Å². The molecule has 1 atom stereocenters. The minimum absolute atomic E-state index is 0.0606. The molecule has 1 saturated heterocycles. The lowest BCUT2D eigenvalue weighted by Crippen LogP contribution is -2.43. The van der Waals surface area contributed by atoms with Crippen molar-refractivity contribution in [2.75, 3.05) is 13.1 Å². The molecule has 1 aliphatic rings. The Morgan fingerprint density at radius 1 is 1.29 bits per heavy atom. The van der Waals surface area contributed by atoms with Crippen LogP contribution in [0.3, 0.4) is 0 Å². The maximum atomic E-state index is 14.1. The van der Waals surface area contributed by atoms with Gasteiger partial charge >= 0.3 is 0 Å². The van der Waals surface area contributed by atoms with Crippen LogP contribution >= 0.6 is 0 Å². The van der Waals surface area contributed by atoms with Crippen LogP contribution in [0, 0.1) is 5.82 Å². The van der Waals surface area contributed by atoms with E-state index < -0.39 is 5.41 Å². The number of aromatic nitrogens is 1. The van der Waals surface area contributed by atoms with E-state index in [0.717, 1.165) is 6.42 Å². The number of hydrogen-bond acceptors (Lipinski definition) is 3. The highest BCUT2D eigenvalue weighted by atomic mass is 19.1. The van der Waals surface area contributed by atoms with Crippen molar-refractivity contribution in [2.24, 2.45) is 0 Å². The molecule has 0 saturated carbocycles. The van der Waals surface area contributed by atoms with Crippen molar-refractivity contribution in [2.45, 2.75) is 31.8 Å². The standard InChI is InChI=1S/C19H21FN2O2/c1-19(2,16-7-3-4-8-17(16)20)18(23)22-11-9-15(13-22)24-14-6-5-10-21-12-14/h3-8,10,12,15H,9,11,13H2,1-2H3. The van der Waals surface area contributed by atoms with Gasteiger partial charge in [0.1, 0.15) is 17.7 Å². The Kier molecular flexibility index (Phi) is 4.51. The molecular formula is C19H21FN2O2. The average molecular weight is 328 g/mol. The number of amides is 1. The Hall–Kier alpha value is -2.43. The Bertz CT molecular complexity index is 718. The summed E-state index contributed by atoms with van der Waals surface area (Å²) in [6, 6.07) is 10.1. The summed E-state index contributed by atoms with van der Waals surface area (Å²) in [7, 11) is 0. The van der Waals surface area contributed by atoms with Crippen molar-refractivity contribution in [3.63, 3.8) is 0 Å². The van der Waals surface area contributed by atoms with Gasteiger partial charge in [0.2, 0.25) is 5.91 Å². The number of benzene rings is 1. The van der Waals surface area contributed by atoms with Crippen molar-refractivity contribution < 1.29 is 13.9 Å². The SMILES string of the molecule is CC(C)(C(=O)N1CCC(Oc2cccnc2)C1)c1ccccc1F. The summed E-state index contributed by atoms with van der Waals surface area (Å²) < 4.78 is 20.0. The van der Waals surface area contributed by atoms with Crippen molar-refractivity contribution in [3.8, 4) is 5.75 Å². The van der Waals surface area contributed by atoms with Crippen LogP contribution in [0.25, 0.3) is 0 Å². The van der Waals surface area contributed by atoms with E-state index in [2.05, 4.69) is 4.98 Å². The maximum Gasteiger partial charge on any atom is 0.232 e. The van der Waals surface area contributed by atoms with Gasteiger partial charge in [-0.2, -0.15) is 0 Å². The molecule has 1 amide bonds. The molecule has 0 bridgehead atoms. The van der Waals surface area contributed by atoms with E-state index in [1.54, 1.807) is 49.3 Å². The van der Waals surface area contributed by atoms with E-state index in [9.17, 15) is 9.18 Å². The fourth-order valence-electron chi connectivity index (χ4n) is 3.10. The first-order valence-electron chi connectivity index (χ1n) is 8.09. The molecule has 24 heavy (non-hydrogen) atoms.